The number of thiazole rings is 1. The maximum atomic E-state index is 13.0. The summed E-state index contributed by atoms with van der Waals surface area (Å²) >= 11 is 1.53. The van der Waals surface area contributed by atoms with Gasteiger partial charge in [0.1, 0.15) is 4.88 Å². The Labute approximate surface area is 172 Å². The Morgan fingerprint density at radius 1 is 1.31 bits per heavy atom. The highest BCUT2D eigenvalue weighted by molar-refractivity contribution is 7.13. The number of amides is 1. The number of halogens is 2. The number of carbonyl (C=O) groups excluding carboxylic acids is 1. The molecular formula is C19H27Cl2N3OS. The minimum atomic E-state index is 0. The molecule has 4 nitrogen and oxygen atoms in total. The largest absolute Gasteiger partial charge is 0.334 e. The van der Waals surface area contributed by atoms with Crippen molar-refractivity contribution in [2.24, 2.45) is 11.7 Å². The van der Waals surface area contributed by atoms with Crippen LogP contribution in [0.25, 0.3) is 0 Å². The molecule has 144 valence electrons. The van der Waals surface area contributed by atoms with E-state index in [2.05, 4.69) is 24.0 Å². The fraction of sp³-hybridized carbons (Fsp3) is 0.474. The molecule has 0 aliphatic carbocycles. The highest BCUT2D eigenvalue weighted by Gasteiger charge is 2.31. The molecule has 0 bridgehead atoms. The minimum Gasteiger partial charge on any atom is -0.334 e. The average molecular weight is 416 g/mol. The number of piperidine rings is 1. The normalized spacial score (nSPS) is 19.4. The third-order valence-electron chi connectivity index (χ3n) is 4.74. The van der Waals surface area contributed by atoms with Crippen molar-refractivity contribution in [1.29, 1.82) is 0 Å². The van der Waals surface area contributed by atoms with Gasteiger partial charge in [0, 0.05) is 25.6 Å². The van der Waals surface area contributed by atoms with Crippen LogP contribution in [0.2, 0.25) is 0 Å². The summed E-state index contributed by atoms with van der Waals surface area (Å²) in [4.78, 5) is 20.4. The van der Waals surface area contributed by atoms with Crippen molar-refractivity contribution in [2.75, 3.05) is 13.1 Å². The van der Waals surface area contributed by atoms with Gasteiger partial charge in [0.15, 0.2) is 0 Å². The van der Waals surface area contributed by atoms with Crippen molar-refractivity contribution in [1.82, 2.24) is 9.88 Å². The van der Waals surface area contributed by atoms with Crippen LogP contribution >= 0.6 is 36.2 Å². The molecule has 0 spiro atoms. The van der Waals surface area contributed by atoms with Gasteiger partial charge in [-0.25, -0.2) is 4.98 Å². The molecule has 2 atom stereocenters. The Hall–Kier alpha value is -1.14. The van der Waals surface area contributed by atoms with E-state index in [0.717, 1.165) is 41.4 Å². The lowest BCUT2D eigenvalue weighted by atomic mass is 9.92. The topological polar surface area (TPSA) is 59.2 Å². The fourth-order valence-corrected chi connectivity index (χ4v) is 4.42. The van der Waals surface area contributed by atoms with E-state index in [0.29, 0.717) is 12.5 Å². The number of benzene rings is 1. The Balaban J connectivity index is 0.00000169. The summed E-state index contributed by atoms with van der Waals surface area (Å²) in [6.45, 7) is 5.50. The lowest BCUT2D eigenvalue weighted by Crippen LogP contribution is -2.49. The second-order valence-corrected chi connectivity index (χ2v) is 7.79. The van der Waals surface area contributed by atoms with E-state index in [1.165, 1.54) is 16.9 Å². The first-order valence-corrected chi connectivity index (χ1v) is 9.41. The smallest absolute Gasteiger partial charge is 0.266 e. The molecule has 2 aromatic rings. The van der Waals surface area contributed by atoms with E-state index >= 15 is 0 Å². The van der Waals surface area contributed by atoms with Crippen molar-refractivity contribution < 1.29 is 4.79 Å². The summed E-state index contributed by atoms with van der Waals surface area (Å²) in [7, 11) is 0. The molecule has 1 aliphatic heterocycles. The van der Waals surface area contributed by atoms with E-state index < -0.39 is 0 Å². The lowest BCUT2D eigenvalue weighted by molar-refractivity contribution is 0.0577. The highest BCUT2D eigenvalue weighted by atomic mass is 35.5. The molecule has 7 heteroatoms. The van der Waals surface area contributed by atoms with Gasteiger partial charge in [0.25, 0.3) is 5.91 Å². The zero-order valence-corrected chi connectivity index (χ0v) is 17.6. The van der Waals surface area contributed by atoms with Crippen LogP contribution in [-0.4, -0.2) is 34.9 Å². The van der Waals surface area contributed by atoms with Gasteiger partial charge in [0.05, 0.1) is 10.7 Å². The van der Waals surface area contributed by atoms with Crippen LogP contribution in [-0.2, 0) is 6.42 Å². The number of rotatable bonds is 4. The van der Waals surface area contributed by atoms with Gasteiger partial charge in [-0.2, -0.15) is 0 Å². The SMILES string of the molecule is Cc1nc(Cc2ccccc2)sc1C(=O)N1CCC(C)CC1CN.Cl.Cl. The Bertz CT molecular complexity index is 708. The summed E-state index contributed by atoms with van der Waals surface area (Å²) in [5, 5.41) is 0.997. The predicted molar refractivity (Wildman–Crippen MR) is 113 cm³/mol. The number of hydrogen-bond acceptors (Lipinski definition) is 4. The van der Waals surface area contributed by atoms with E-state index in [1.54, 1.807) is 0 Å². The molecule has 3 rings (SSSR count). The maximum absolute atomic E-state index is 13.0. The molecule has 2 heterocycles. The number of aryl methyl sites for hydroxylation is 1. The molecular weight excluding hydrogens is 389 g/mol. The van der Waals surface area contributed by atoms with Crippen LogP contribution in [0, 0.1) is 12.8 Å². The maximum Gasteiger partial charge on any atom is 0.266 e. The van der Waals surface area contributed by atoms with Gasteiger partial charge < -0.3 is 10.6 Å². The number of likely N-dealkylation sites (tertiary alicyclic amines) is 1. The lowest BCUT2D eigenvalue weighted by Gasteiger charge is -2.37. The number of hydrogen-bond donors (Lipinski definition) is 1. The first-order chi connectivity index (χ1) is 11.6. The third-order valence-corrected chi connectivity index (χ3v) is 5.89. The molecule has 1 aromatic carbocycles. The molecule has 0 saturated carbocycles. The second kappa shape index (κ2) is 10.3. The Morgan fingerprint density at radius 3 is 2.65 bits per heavy atom. The third kappa shape index (κ3) is 5.19. The highest BCUT2D eigenvalue weighted by Crippen LogP contribution is 2.27. The summed E-state index contributed by atoms with van der Waals surface area (Å²) < 4.78 is 0. The first-order valence-electron chi connectivity index (χ1n) is 8.59. The molecule has 1 aromatic heterocycles. The van der Waals surface area contributed by atoms with Gasteiger partial charge in [0.2, 0.25) is 0 Å². The van der Waals surface area contributed by atoms with Crippen LogP contribution in [0.4, 0.5) is 0 Å². The quantitative estimate of drug-likeness (QED) is 0.817. The van der Waals surface area contributed by atoms with Crippen molar-refractivity contribution >= 4 is 42.1 Å². The number of nitrogens with zero attached hydrogens (tertiary/aromatic N) is 2. The summed E-state index contributed by atoms with van der Waals surface area (Å²) in [6.07, 6.45) is 2.82. The van der Waals surface area contributed by atoms with Crippen molar-refractivity contribution in [2.45, 2.75) is 39.2 Å². The average Bonchev–Trinajstić information content (AvgIpc) is 2.95. The van der Waals surface area contributed by atoms with E-state index in [4.69, 9.17) is 5.73 Å². The molecule has 0 radical (unpaired) electrons. The Morgan fingerprint density at radius 2 is 2.00 bits per heavy atom. The van der Waals surface area contributed by atoms with Crippen LogP contribution in [0.1, 0.15) is 45.7 Å². The van der Waals surface area contributed by atoms with Gasteiger partial charge in [-0.15, -0.1) is 36.2 Å². The van der Waals surface area contributed by atoms with Gasteiger partial charge in [-0.1, -0.05) is 37.3 Å². The number of carbonyl (C=O) groups is 1. The van der Waals surface area contributed by atoms with E-state index in [1.807, 2.05) is 30.0 Å². The van der Waals surface area contributed by atoms with Crippen molar-refractivity contribution in [3.05, 3.63) is 51.5 Å². The van der Waals surface area contributed by atoms with Crippen LogP contribution in [0.15, 0.2) is 30.3 Å². The fourth-order valence-electron chi connectivity index (χ4n) is 3.37. The molecule has 1 aliphatic rings. The number of nitrogens with two attached hydrogens (primary N) is 1. The van der Waals surface area contributed by atoms with Crippen molar-refractivity contribution in [3.8, 4) is 0 Å². The minimum absolute atomic E-state index is 0. The van der Waals surface area contributed by atoms with E-state index in [9.17, 15) is 4.79 Å². The Kier molecular flexibility index (Phi) is 9.04. The van der Waals surface area contributed by atoms with Gasteiger partial charge in [-0.05, 0) is 31.2 Å². The standard InChI is InChI=1S/C19H25N3OS.2ClH/c1-13-8-9-22(16(10-13)12-20)19(23)18-14(2)21-17(24-18)11-15-6-4-3-5-7-15;;/h3-7,13,16H,8-12,20H2,1-2H3;2*1H. The summed E-state index contributed by atoms with van der Waals surface area (Å²) in [5.74, 6) is 0.741. The molecule has 2 N–H and O–H groups in total. The molecule has 1 fully saturated rings. The monoisotopic (exact) mass is 415 g/mol. The second-order valence-electron chi connectivity index (χ2n) is 6.70. The van der Waals surface area contributed by atoms with Crippen molar-refractivity contribution in [3.63, 3.8) is 0 Å². The van der Waals surface area contributed by atoms with Gasteiger partial charge in [-0.3, -0.25) is 4.79 Å². The zero-order valence-electron chi connectivity index (χ0n) is 15.2. The molecule has 1 saturated heterocycles. The van der Waals surface area contributed by atoms with Crippen LogP contribution in [0.5, 0.6) is 0 Å². The predicted octanol–water partition coefficient (Wildman–Crippen LogP) is 4.09. The summed E-state index contributed by atoms with van der Waals surface area (Å²) in [6, 6.07) is 10.4. The first kappa shape index (κ1) is 22.9. The number of aromatic nitrogens is 1. The summed E-state index contributed by atoms with van der Waals surface area (Å²) in [5.41, 5.74) is 7.97. The molecule has 26 heavy (non-hydrogen) atoms. The molecule has 2 unspecified atom stereocenters. The zero-order chi connectivity index (χ0) is 17.1. The van der Waals surface area contributed by atoms with Crippen LogP contribution in [0.3, 0.4) is 0 Å². The van der Waals surface area contributed by atoms with Crippen LogP contribution < -0.4 is 5.73 Å². The van der Waals surface area contributed by atoms with Gasteiger partial charge >= 0.3 is 0 Å². The molecule has 1 amide bonds. The van der Waals surface area contributed by atoms with E-state index in [-0.39, 0.29) is 36.8 Å².